The number of benzene rings is 1. The Hall–Kier alpha value is -1.84. The summed E-state index contributed by atoms with van der Waals surface area (Å²) in [4.78, 5) is 22.9. The SMILES string of the molecule is CC(=O)Nc1cccc(NC(=O)C2CC2C)c1C. The van der Waals surface area contributed by atoms with Crippen molar-refractivity contribution < 1.29 is 9.59 Å². The quantitative estimate of drug-likeness (QED) is 0.861. The molecule has 1 saturated carbocycles. The summed E-state index contributed by atoms with van der Waals surface area (Å²) in [5, 5.41) is 5.68. The highest BCUT2D eigenvalue weighted by Crippen LogP contribution is 2.38. The van der Waals surface area contributed by atoms with Gasteiger partial charge in [0.05, 0.1) is 0 Å². The number of hydrogen-bond acceptors (Lipinski definition) is 2. The molecule has 2 N–H and O–H groups in total. The molecule has 1 aromatic carbocycles. The van der Waals surface area contributed by atoms with E-state index in [1.807, 2.05) is 25.1 Å². The summed E-state index contributed by atoms with van der Waals surface area (Å²) in [5.74, 6) is 0.598. The molecule has 0 saturated heterocycles. The molecule has 0 spiro atoms. The summed E-state index contributed by atoms with van der Waals surface area (Å²) in [6.07, 6.45) is 0.969. The normalized spacial score (nSPS) is 21.3. The summed E-state index contributed by atoms with van der Waals surface area (Å²) >= 11 is 0. The number of carbonyl (C=O) groups excluding carboxylic acids is 2. The highest BCUT2D eigenvalue weighted by molar-refractivity contribution is 5.97. The molecular weight excluding hydrogens is 228 g/mol. The Bertz CT molecular complexity index is 497. The van der Waals surface area contributed by atoms with Gasteiger partial charge in [-0.05, 0) is 37.0 Å². The van der Waals surface area contributed by atoms with Gasteiger partial charge in [-0.15, -0.1) is 0 Å². The van der Waals surface area contributed by atoms with Crippen LogP contribution < -0.4 is 10.6 Å². The van der Waals surface area contributed by atoms with Crippen LogP contribution in [-0.4, -0.2) is 11.8 Å². The Morgan fingerprint density at radius 1 is 1.22 bits per heavy atom. The van der Waals surface area contributed by atoms with Gasteiger partial charge in [0.25, 0.3) is 0 Å². The number of rotatable bonds is 3. The predicted octanol–water partition coefficient (Wildman–Crippen LogP) is 2.55. The van der Waals surface area contributed by atoms with Crippen molar-refractivity contribution in [3.63, 3.8) is 0 Å². The van der Waals surface area contributed by atoms with Crippen molar-refractivity contribution in [2.75, 3.05) is 10.6 Å². The minimum Gasteiger partial charge on any atom is -0.326 e. The van der Waals surface area contributed by atoms with Crippen molar-refractivity contribution in [3.8, 4) is 0 Å². The number of carbonyl (C=O) groups is 2. The Balaban J connectivity index is 2.13. The van der Waals surface area contributed by atoms with Crippen LogP contribution in [0.2, 0.25) is 0 Å². The molecule has 0 aliphatic heterocycles. The van der Waals surface area contributed by atoms with Crippen LogP contribution in [0.5, 0.6) is 0 Å². The third-order valence-electron chi connectivity index (χ3n) is 3.35. The average Bonchev–Trinajstić information content (AvgIpc) is 3.01. The second-order valence-corrected chi connectivity index (χ2v) is 4.97. The molecule has 2 atom stereocenters. The summed E-state index contributed by atoms with van der Waals surface area (Å²) in [7, 11) is 0. The zero-order chi connectivity index (χ0) is 13.3. The van der Waals surface area contributed by atoms with Crippen molar-refractivity contribution in [3.05, 3.63) is 23.8 Å². The lowest BCUT2D eigenvalue weighted by atomic mass is 10.1. The van der Waals surface area contributed by atoms with Crippen LogP contribution >= 0.6 is 0 Å². The number of hydrogen-bond donors (Lipinski definition) is 2. The summed E-state index contributed by atoms with van der Waals surface area (Å²) in [6.45, 7) is 5.43. The zero-order valence-corrected chi connectivity index (χ0v) is 10.9. The van der Waals surface area contributed by atoms with Gasteiger partial charge < -0.3 is 10.6 Å². The van der Waals surface area contributed by atoms with E-state index in [4.69, 9.17) is 0 Å². The Labute approximate surface area is 107 Å². The van der Waals surface area contributed by atoms with Gasteiger partial charge in [0, 0.05) is 24.2 Å². The summed E-state index contributed by atoms with van der Waals surface area (Å²) in [6, 6.07) is 5.50. The molecule has 1 aliphatic carbocycles. The maximum Gasteiger partial charge on any atom is 0.227 e. The summed E-state index contributed by atoms with van der Waals surface area (Å²) in [5.41, 5.74) is 2.39. The standard InChI is InChI=1S/C14H18N2O2/c1-8-7-11(8)14(18)16-13-6-4-5-12(9(13)2)15-10(3)17/h4-6,8,11H,7H2,1-3H3,(H,15,17)(H,16,18). The van der Waals surface area contributed by atoms with Gasteiger partial charge >= 0.3 is 0 Å². The van der Waals surface area contributed by atoms with E-state index in [0.29, 0.717) is 5.92 Å². The van der Waals surface area contributed by atoms with E-state index in [0.717, 1.165) is 23.4 Å². The number of nitrogens with one attached hydrogen (secondary N) is 2. The smallest absolute Gasteiger partial charge is 0.227 e. The molecule has 1 aliphatic rings. The molecular formula is C14H18N2O2. The van der Waals surface area contributed by atoms with Gasteiger partial charge in [-0.25, -0.2) is 0 Å². The first kappa shape index (κ1) is 12.6. The first-order chi connectivity index (χ1) is 8.49. The fraction of sp³-hybridized carbons (Fsp3) is 0.429. The molecule has 2 amide bonds. The molecule has 0 radical (unpaired) electrons. The fourth-order valence-electron chi connectivity index (χ4n) is 2.01. The van der Waals surface area contributed by atoms with E-state index in [1.165, 1.54) is 6.92 Å². The molecule has 4 heteroatoms. The molecule has 0 heterocycles. The van der Waals surface area contributed by atoms with Gasteiger partial charge in [0.1, 0.15) is 0 Å². The fourth-order valence-corrected chi connectivity index (χ4v) is 2.01. The lowest BCUT2D eigenvalue weighted by Gasteiger charge is -2.12. The van der Waals surface area contributed by atoms with Crippen LogP contribution in [0.15, 0.2) is 18.2 Å². The Kier molecular flexibility index (Phi) is 3.36. The predicted molar refractivity (Wildman–Crippen MR) is 71.4 cm³/mol. The van der Waals surface area contributed by atoms with Gasteiger partial charge in [0.15, 0.2) is 0 Å². The largest absolute Gasteiger partial charge is 0.326 e. The lowest BCUT2D eigenvalue weighted by molar-refractivity contribution is -0.117. The van der Waals surface area contributed by atoms with Crippen LogP contribution in [0.3, 0.4) is 0 Å². The van der Waals surface area contributed by atoms with E-state index in [2.05, 4.69) is 17.6 Å². The van der Waals surface area contributed by atoms with E-state index < -0.39 is 0 Å². The molecule has 2 unspecified atom stereocenters. The second-order valence-electron chi connectivity index (χ2n) is 4.97. The maximum absolute atomic E-state index is 11.9. The third kappa shape index (κ3) is 2.70. The van der Waals surface area contributed by atoms with Gasteiger partial charge in [-0.1, -0.05) is 13.0 Å². The molecule has 2 rings (SSSR count). The highest BCUT2D eigenvalue weighted by atomic mass is 16.2. The van der Waals surface area contributed by atoms with E-state index in [-0.39, 0.29) is 17.7 Å². The molecule has 0 bridgehead atoms. The number of amides is 2. The van der Waals surface area contributed by atoms with E-state index in [1.54, 1.807) is 0 Å². The Morgan fingerprint density at radius 2 is 1.78 bits per heavy atom. The van der Waals surface area contributed by atoms with Crippen molar-refractivity contribution in [1.82, 2.24) is 0 Å². The van der Waals surface area contributed by atoms with Crippen molar-refractivity contribution in [1.29, 1.82) is 0 Å². The van der Waals surface area contributed by atoms with Crippen LogP contribution in [0.25, 0.3) is 0 Å². The zero-order valence-electron chi connectivity index (χ0n) is 10.9. The van der Waals surface area contributed by atoms with Crippen molar-refractivity contribution in [2.45, 2.75) is 27.2 Å². The number of anilines is 2. The van der Waals surface area contributed by atoms with Crippen LogP contribution in [0.1, 0.15) is 25.8 Å². The Morgan fingerprint density at radius 3 is 2.28 bits per heavy atom. The first-order valence-electron chi connectivity index (χ1n) is 6.17. The average molecular weight is 246 g/mol. The minimum atomic E-state index is -0.114. The molecule has 1 aromatic rings. The van der Waals surface area contributed by atoms with E-state index in [9.17, 15) is 9.59 Å². The molecule has 0 aromatic heterocycles. The topological polar surface area (TPSA) is 58.2 Å². The first-order valence-corrected chi connectivity index (χ1v) is 6.17. The van der Waals surface area contributed by atoms with Crippen molar-refractivity contribution >= 4 is 23.2 Å². The maximum atomic E-state index is 11.9. The van der Waals surface area contributed by atoms with Gasteiger partial charge in [0.2, 0.25) is 11.8 Å². The molecule has 1 fully saturated rings. The third-order valence-corrected chi connectivity index (χ3v) is 3.35. The molecule has 96 valence electrons. The van der Waals surface area contributed by atoms with Crippen molar-refractivity contribution in [2.24, 2.45) is 11.8 Å². The minimum absolute atomic E-state index is 0.0746. The second kappa shape index (κ2) is 4.80. The monoisotopic (exact) mass is 246 g/mol. The van der Waals surface area contributed by atoms with Crippen LogP contribution in [-0.2, 0) is 9.59 Å². The highest BCUT2D eigenvalue weighted by Gasteiger charge is 2.39. The van der Waals surface area contributed by atoms with E-state index >= 15 is 0 Å². The lowest BCUT2D eigenvalue weighted by Crippen LogP contribution is -2.16. The van der Waals surface area contributed by atoms with Crippen LogP contribution in [0, 0.1) is 18.8 Å². The van der Waals surface area contributed by atoms with Gasteiger partial charge in [-0.2, -0.15) is 0 Å². The van der Waals surface area contributed by atoms with Crippen LogP contribution in [0.4, 0.5) is 11.4 Å². The van der Waals surface area contributed by atoms with Gasteiger partial charge in [-0.3, -0.25) is 9.59 Å². The summed E-state index contributed by atoms with van der Waals surface area (Å²) < 4.78 is 0. The molecule has 4 nitrogen and oxygen atoms in total. The molecule has 18 heavy (non-hydrogen) atoms.